The van der Waals surface area contributed by atoms with E-state index < -0.39 is 0 Å². The molecule has 0 saturated carbocycles. The fraction of sp³-hybridized carbons (Fsp3) is 0.222. The number of ether oxygens (including phenoxy) is 1. The minimum absolute atomic E-state index is 0.449. The molecule has 0 aliphatic carbocycles. The van der Waals surface area contributed by atoms with Gasteiger partial charge >= 0.3 is 0 Å². The molecule has 0 N–H and O–H groups in total. The third-order valence-corrected chi connectivity index (χ3v) is 1.55. The Balaban J connectivity index is 2.47. The predicted octanol–water partition coefficient (Wildman–Crippen LogP) is 2.09. The lowest BCUT2D eigenvalue weighted by Gasteiger charge is -1.99. The van der Waals surface area contributed by atoms with Gasteiger partial charge < -0.3 is 9.16 Å². The molecule has 0 heterocycles. The van der Waals surface area contributed by atoms with Gasteiger partial charge in [-0.1, -0.05) is 23.7 Å². The maximum absolute atomic E-state index is 5.69. The van der Waals surface area contributed by atoms with Crippen LogP contribution in [0.4, 0.5) is 0 Å². The van der Waals surface area contributed by atoms with E-state index >= 15 is 0 Å². The van der Waals surface area contributed by atoms with Crippen LogP contribution in [0.2, 0.25) is 5.02 Å². The Morgan fingerprint density at radius 1 is 1.42 bits per heavy atom. The fourth-order valence-electron chi connectivity index (χ4n) is 0.752. The summed E-state index contributed by atoms with van der Waals surface area (Å²) in [5, 5.41) is 0.721. The third kappa shape index (κ3) is 2.93. The number of rotatable bonds is 3. The first-order chi connectivity index (χ1) is 5.83. The van der Waals surface area contributed by atoms with E-state index in [9.17, 15) is 0 Å². The second-order valence-electron chi connectivity index (χ2n) is 2.20. The smallest absolute Gasteiger partial charge is 0.170 e. The highest BCUT2D eigenvalue weighted by molar-refractivity contribution is 6.30. The van der Waals surface area contributed by atoms with Gasteiger partial charge in [-0.2, -0.15) is 0 Å². The largest absolute Gasteiger partial charge is 0.506 e. The van der Waals surface area contributed by atoms with Crippen molar-refractivity contribution in [2.75, 3.05) is 7.11 Å². The molecule has 64 valence electrons. The first-order valence-electron chi connectivity index (χ1n) is 3.47. The van der Waals surface area contributed by atoms with Gasteiger partial charge in [0.2, 0.25) is 0 Å². The second kappa shape index (κ2) is 4.78. The molecule has 0 saturated heterocycles. The highest BCUT2D eigenvalue weighted by Crippen LogP contribution is 2.09. The quantitative estimate of drug-likeness (QED) is 0.521. The zero-order valence-corrected chi connectivity index (χ0v) is 7.47. The van der Waals surface area contributed by atoms with Crippen molar-refractivity contribution < 1.29 is 9.16 Å². The molecule has 0 radical (unpaired) electrons. The van der Waals surface area contributed by atoms with E-state index in [-0.39, 0.29) is 0 Å². The molecule has 0 aliphatic heterocycles. The molecule has 0 atom stereocenters. The van der Waals surface area contributed by atoms with Crippen molar-refractivity contribution >= 4 is 18.1 Å². The van der Waals surface area contributed by atoms with Gasteiger partial charge in [-0.05, 0) is 12.1 Å². The molecule has 2 nitrogen and oxygen atoms in total. The second-order valence-corrected chi connectivity index (χ2v) is 2.64. The summed E-state index contributed by atoms with van der Waals surface area (Å²) in [5.41, 5.74) is 1.03. The highest BCUT2D eigenvalue weighted by atomic mass is 35.5. The number of benzene rings is 1. The summed E-state index contributed by atoms with van der Waals surface area (Å²) in [5.74, 6) is 0. The van der Waals surface area contributed by atoms with E-state index in [1.807, 2.05) is 24.3 Å². The van der Waals surface area contributed by atoms with Crippen LogP contribution in [-0.2, 0) is 15.8 Å². The highest BCUT2D eigenvalue weighted by Gasteiger charge is 1.92. The Morgan fingerprint density at radius 2 is 2.08 bits per heavy atom. The molecule has 0 bridgehead atoms. The Bertz CT molecular complexity index is 254. The third-order valence-electron chi connectivity index (χ3n) is 1.29. The van der Waals surface area contributed by atoms with Gasteiger partial charge in [-0.15, -0.1) is 0 Å². The first-order valence-corrected chi connectivity index (χ1v) is 3.85. The molecule has 0 spiro atoms. The normalized spacial score (nSPS) is 10.5. The Kier molecular flexibility index (Phi) is 3.61. The van der Waals surface area contributed by atoms with Gasteiger partial charge in [0.25, 0.3) is 0 Å². The molecule has 0 unspecified atom stereocenters. The average molecular weight is 185 g/mol. The minimum atomic E-state index is 0.449. The van der Waals surface area contributed by atoms with Crippen LogP contribution in [0, 0.1) is 0 Å². The van der Waals surface area contributed by atoms with E-state index in [1.165, 1.54) is 7.11 Å². The van der Waals surface area contributed by atoms with Gasteiger partial charge in [-0.25, -0.2) is 0 Å². The minimum Gasteiger partial charge on any atom is -0.506 e. The van der Waals surface area contributed by atoms with Crippen LogP contribution in [0.5, 0.6) is 0 Å². The van der Waals surface area contributed by atoms with Crippen LogP contribution < -0.4 is 0 Å². The van der Waals surface area contributed by atoms with Crippen LogP contribution in [0.3, 0.4) is 0 Å². The molecule has 1 rings (SSSR count). The lowest BCUT2D eigenvalue weighted by molar-refractivity contribution is 0.124. The van der Waals surface area contributed by atoms with Crippen LogP contribution in [0.1, 0.15) is 5.56 Å². The number of carbonyl (C=O) groups excluding carboxylic acids is 1. The van der Waals surface area contributed by atoms with E-state index in [0.717, 1.165) is 10.6 Å². The van der Waals surface area contributed by atoms with E-state index in [0.29, 0.717) is 6.61 Å². The molecule has 0 aliphatic rings. The zero-order chi connectivity index (χ0) is 8.81. The Morgan fingerprint density at radius 3 is 2.67 bits per heavy atom. The van der Waals surface area contributed by atoms with Crippen molar-refractivity contribution in [3.63, 3.8) is 0 Å². The van der Waals surface area contributed by atoms with E-state index in [1.54, 1.807) is 0 Å². The van der Waals surface area contributed by atoms with Crippen molar-refractivity contribution in [3.05, 3.63) is 34.9 Å². The number of hydrogen-bond donors (Lipinski definition) is 0. The van der Waals surface area contributed by atoms with Crippen LogP contribution >= 0.6 is 11.6 Å². The van der Waals surface area contributed by atoms with Crippen LogP contribution in [0.25, 0.3) is 0 Å². The molecule has 0 amide bonds. The average Bonchev–Trinajstić information content (AvgIpc) is 2.09. The summed E-state index contributed by atoms with van der Waals surface area (Å²) >= 11 is 5.69. The molecular weight excluding hydrogens is 176 g/mol. The first kappa shape index (κ1) is 9.07. The monoisotopic (exact) mass is 184 g/mol. The lowest BCUT2D eigenvalue weighted by Crippen LogP contribution is -1.90. The van der Waals surface area contributed by atoms with Crippen LogP contribution in [0.15, 0.2) is 24.3 Å². The van der Waals surface area contributed by atoms with Crippen molar-refractivity contribution in [3.8, 4) is 0 Å². The Hall–Kier alpha value is -1.02. The summed E-state index contributed by atoms with van der Waals surface area (Å²) in [6.07, 6.45) is 0. The maximum Gasteiger partial charge on any atom is 0.170 e. The molecule has 1 aromatic rings. The van der Waals surface area contributed by atoms with Crippen molar-refractivity contribution in [2.24, 2.45) is 0 Å². The standard InChI is InChI=1S/C9H9ClO2/c1-11-7-12-6-8-2-4-9(10)5-3-8/h2-5H,6H2,1H3. The van der Waals surface area contributed by atoms with Gasteiger partial charge in [0.05, 0.1) is 0 Å². The van der Waals surface area contributed by atoms with Crippen LogP contribution in [-0.4, -0.2) is 13.6 Å². The van der Waals surface area contributed by atoms with Crippen molar-refractivity contribution in [1.82, 2.24) is 0 Å². The predicted molar refractivity (Wildman–Crippen MR) is 47.9 cm³/mol. The fourth-order valence-corrected chi connectivity index (χ4v) is 0.878. The van der Waals surface area contributed by atoms with E-state index in [4.69, 9.17) is 16.3 Å². The molecule has 12 heavy (non-hydrogen) atoms. The van der Waals surface area contributed by atoms with Gasteiger partial charge in [0.1, 0.15) is 7.11 Å². The SMILES string of the molecule is C[O+]=[C-]OCc1ccc(Cl)cc1. The number of hydrogen-bond acceptors (Lipinski definition) is 1. The topological polar surface area (TPSA) is 20.5 Å². The summed E-state index contributed by atoms with van der Waals surface area (Å²) < 4.78 is 9.38. The van der Waals surface area contributed by atoms with Gasteiger partial charge in [0.15, 0.2) is 13.1 Å². The van der Waals surface area contributed by atoms with Gasteiger partial charge in [-0.3, -0.25) is 0 Å². The lowest BCUT2D eigenvalue weighted by atomic mass is 10.2. The summed E-state index contributed by atoms with van der Waals surface area (Å²) in [4.78, 5) is 0. The summed E-state index contributed by atoms with van der Waals surface area (Å²) in [6.45, 7) is 2.73. The molecular formula is C9H9ClO2. The molecule has 3 heteroatoms. The zero-order valence-electron chi connectivity index (χ0n) is 6.71. The molecule has 1 aromatic carbocycles. The van der Waals surface area contributed by atoms with Crippen molar-refractivity contribution in [1.29, 1.82) is 0 Å². The maximum atomic E-state index is 5.69. The summed E-state index contributed by atoms with van der Waals surface area (Å²) in [7, 11) is 1.49. The van der Waals surface area contributed by atoms with E-state index in [2.05, 4.69) is 10.9 Å². The van der Waals surface area contributed by atoms with Gasteiger partial charge in [0, 0.05) is 10.6 Å². The summed E-state index contributed by atoms with van der Waals surface area (Å²) in [6, 6.07) is 7.40. The number of halogens is 1. The Labute approximate surface area is 76.4 Å². The van der Waals surface area contributed by atoms with Crippen molar-refractivity contribution in [2.45, 2.75) is 6.61 Å². The molecule has 0 fully saturated rings. The molecule has 0 aromatic heterocycles.